The van der Waals surface area contributed by atoms with Gasteiger partial charge in [-0.2, -0.15) is 0 Å². The van der Waals surface area contributed by atoms with Gasteiger partial charge in [-0.15, -0.1) is 0 Å². The Labute approximate surface area is 70.3 Å². The molecule has 0 fully saturated rings. The molecule has 11 heavy (non-hydrogen) atoms. The lowest BCUT2D eigenvalue weighted by Crippen LogP contribution is -2.21. The van der Waals surface area contributed by atoms with Crippen LogP contribution in [0, 0.1) is 11.8 Å². The number of rotatable bonds is 6. The molecule has 2 unspecified atom stereocenters. The fourth-order valence-electron chi connectivity index (χ4n) is 1.33. The Bertz CT molecular complexity index is 65.6. The van der Waals surface area contributed by atoms with E-state index in [9.17, 15) is 0 Å². The molecule has 0 heterocycles. The first-order valence-corrected chi connectivity index (χ1v) is 4.68. The average Bonchev–Trinajstić information content (AvgIpc) is 2.07. The molecule has 0 aliphatic heterocycles. The first-order valence-electron chi connectivity index (χ1n) is 4.68. The van der Waals surface area contributed by atoms with Crippen molar-refractivity contribution in [3.63, 3.8) is 0 Å². The molecule has 0 aliphatic rings. The van der Waals surface area contributed by atoms with Crippen LogP contribution in [0.5, 0.6) is 0 Å². The van der Waals surface area contributed by atoms with E-state index >= 15 is 0 Å². The van der Waals surface area contributed by atoms with Gasteiger partial charge in [-0.3, -0.25) is 0 Å². The summed E-state index contributed by atoms with van der Waals surface area (Å²) >= 11 is 0. The molecule has 2 atom stereocenters. The van der Waals surface area contributed by atoms with Gasteiger partial charge in [-0.25, -0.2) is 0 Å². The topological polar surface area (TPSA) is 52.0 Å². The maximum absolute atomic E-state index is 5.60. The lowest BCUT2D eigenvalue weighted by Gasteiger charge is -2.18. The van der Waals surface area contributed by atoms with E-state index in [1.165, 1.54) is 19.3 Å². The molecule has 0 aliphatic carbocycles. The number of hydrogen-bond donors (Lipinski definition) is 2. The highest BCUT2D eigenvalue weighted by atomic mass is 14.6. The Balaban J connectivity index is 3.58. The van der Waals surface area contributed by atoms with Crippen molar-refractivity contribution in [3.05, 3.63) is 0 Å². The van der Waals surface area contributed by atoms with E-state index in [4.69, 9.17) is 11.5 Å². The fraction of sp³-hybridized carbons (Fsp3) is 1.00. The van der Waals surface area contributed by atoms with E-state index in [1.54, 1.807) is 0 Å². The summed E-state index contributed by atoms with van der Waals surface area (Å²) in [5.74, 6) is 1.37. The molecule has 68 valence electrons. The van der Waals surface area contributed by atoms with Gasteiger partial charge in [-0.05, 0) is 31.3 Å². The van der Waals surface area contributed by atoms with Gasteiger partial charge in [0.2, 0.25) is 0 Å². The maximum atomic E-state index is 5.60. The highest BCUT2D eigenvalue weighted by Gasteiger charge is 2.10. The van der Waals surface area contributed by atoms with Crippen molar-refractivity contribution in [2.24, 2.45) is 23.3 Å². The van der Waals surface area contributed by atoms with Crippen molar-refractivity contribution in [1.82, 2.24) is 0 Å². The first kappa shape index (κ1) is 10.9. The summed E-state index contributed by atoms with van der Waals surface area (Å²) in [4.78, 5) is 0. The molecule has 0 saturated heterocycles. The molecule has 2 heteroatoms. The molecule has 0 aromatic carbocycles. The average molecular weight is 158 g/mol. The molecule has 0 aromatic rings. The minimum Gasteiger partial charge on any atom is -0.330 e. The molecule has 0 radical (unpaired) electrons. The zero-order valence-corrected chi connectivity index (χ0v) is 7.84. The largest absolute Gasteiger partial charge is 0.330 e. The second-order valence-corrected chi connectivity index (χ2v) is 3.26. The molecule has 0 spiro atoms. The second-order valence-electron chi connectivity index (χ2n) is 3.26. The molecule has 4 N–H and O–H groups in total. The molecular weight excluding hydrogens is 136 g/mol. The smallest absolute Gasteiger partial charge is 0.00489 e. The Kier molecular flexibility index (Phi) is 6.57. The summed E-state index contributed by atoms with van der Waals surface area (Å²) < 4.78 is 0. The fourth-order valence-corrected chi connectivity index (χ4v) is 1.33. The van der Waals surface area contributed by atoms with Gasteiger partial charge in [0.25, 0.3) is 0 Å². The molecule has 0 bridgehead atoms. The summed E-state index contributed by atoms with van der Waals surface area (Å²) in [6.45, 7) is 6.02. The van der Waals surface area contributed by atoms with Crippen molar-refractivity contribution in [3.8, 4) is 0 Å². The quantitative estimate of drug-likeness (QED) is 0.613. The third-order valence-corrected chi connectivity index (χ3v) is 2.49. The van der Waals surface area contributed by atoms with Gasteiger partial charge in [0, 0.05) is 0 Å². The van der Waals surface area contributed by atoms with Gasteiger partial charge in [0.05, 0.1) is 0 Å². The van der Waals surface area contributed by atoms with Crippen LogP contribution >= 0.6 is 0 Å². The predicted octanol–water partition coefficient (Wildman–Crippen LogP) is 1.35. The predicted molar refractivity (Wildman–Crippen MR) is 50.3 cm³/mol. The van der Waals surface area contributed by atoms with E-state index in [0.29, 0.717) is 11.8 Å². The standard InChI is InChI=1S/C9H22N2/c1-3-8(6-10)5-9(4-2)7-11/h8-9H,3-7,10-11H2,1-2H3. The van der Waals surface area contributed by atoms with Crippen LogP contribution in [-0.4, -0.2) is 13.1 Å². The maximum Gasteiger partial charge on any atom is -0.00489 e. The van der Waals surface area contributed by atoms with E-state index in [2.05, 4.69) is 13.8 Å². The zero-order chi connectivity index (χ0) is 8.69. The van der Waals surface area contributed by atoms with Gasteiger partial charge in [-0.1, -0.05) is 26.7 Å². The summed E-state index contributed by atoms with van der Waals surface area (Å²) in [6, 6.07) is 0. The molecular formula is C9H22N2. The lowest BCUT2D eigenvalue weighted by atomic mass is 9.91. The van der Waals surface area contributed by atoms with Gasteiger partial charge in [0.15, 0.2) is 0 Å². The van der Waals surface area contributed by atoms with Crippen LogP contribution in [0.3, 0.4) is 0 Å². The van der Waals surface area contributed by atoms with Gasteiger partial charge >= 0.3 is 0 Å². The van der Waals surface area contributed by atoms with Crippen LogP contribution in [0.1, 0.15) is 33.1 Å². The summed E-state index contributed by atoms with van der Waals surface area (Å²) in [6.07, 6.45) is 3.58. The molecule has 0 amide bonds. The third kappa shape index (κ3) is 4.38. The van der Waals surface area contributed by atoms with Gasteiger partial charge < -0.3 is 11.5 Å². The van der Waals surface area contributed by atoms with Crippen LogP contribution < -0.4 is 11.5 Å². The molecule has 0 saturated carbocycles. The molecule has 0 aromatic heterocycles. The SMILES string of the molecule is CCC(CN)CC(CC)CN. The highest BCUT2D eigenvalue weighted by Crippen LogP contribution is 2.16. The van der Waals surface area contributed by atoms with Gasteiger partial charge in [0.1, 0.15) is 0 Å². The third-order valence-electron chi connectivity index (χ3n) is 2.49. The minimum absolute atomic E-state index is 0.684. The minimum atomic E-state index is 0.684. The molecule has 2 nitrogen and oxygen atoms in total. The van der Waals surface area contributed by atoms with Crippen molar-refractivity contribution in [2.75, 3.05) is 13.1 Å². The van der Waals surface area contributed by atoms with Crippen LogP contribution in [0.25, 0.3) is 0 Å². The van der Waals surface area contributed by atoms with Crippen LogP contribution in [-0.2, 0) is 0 Å². The van der Waals surface area contributed by atoms with E-state index in [0.717, 1.165) is 13.1 Å². The van der Waals surface area contributed by atoms with E-state index < -0.39 is 0 Å². The monoisotopic (exact) mass is 158 g/mol. The van der Waals surface area contributed by atoms with Crippen molar-refractivity contribution >= 4 is 0 Å². The number of nitrogens with two attached hydrogens (primary N) is 2. The van der Waals surface area contributed by atoms with Crippen molar-refractivity contribution in [2.45, 2.75) is 33.1 Å². The Morgan fingerprint density at radius 2 is 1.27 bits per heavy atom. The van der Waals surface area contributed by atoms with E-state index in [-0.39, 0.29) is 0 Å². The highest BCUT2D eigenvalue weighted by molar-refractivity contribution is 4.65. The second kappa shape index (κ2) is 6.62. The lowest BCUT2D eigenvalue weighted by molar-refractivity contribution is 0.365. The zero-order valence-electron chi connectivity index (χ0n) is 7.84. The first-order chi connectivity index (χ1) is 5.28. The van der Waals surface area contributed by atoms with Crippen LogP contribution in [0.4, 0.5) is 0 Å². The summed E-state index contributed by atoms with van der Waals surface area (Å²) in [7, 11) is 0. The Hall–Kier alpha value is -0.0800. The molecule has 0 rings (SSSR count). The normalized spacial score (nSPS) is 16.4. The Morgan fingerprint density at radius 3 is 1.45 bits per heavy atom. The van der Waals surface area contributed by atoms with E-state index in [1.807, 2.05) is 0 Å². The number of hydrogen-bond acceptors (Lipinski definition) is 2. The van der Waals surface area contributed by atoms with Crippen LogP contribution in [0.15, 0.2) is 0 Å². The summed E-state index contributed by atoms with van der Waals surface area (Å²) in [5.41, 5.74) is 11.2. The van der Waals surface area contributed by atoms with Crippen LogP contribution in [0.2, 0.25) is 0 Å². The Morgan fingerprint density at radius 1 is 0.909 bits per heavy atom. The van der Waals surface area contributed by atoms with Crippen molar-refractivity contribution in [1.29, 1.82) is 0 Å². The summed E-state index contributed by atoms with van der Waals surface area (Å²) in [5, 5.41) is 0. The van der Waals surface area contributed by atoms with Crippen molar-refractivity contribution < 1.29 is 0 Å².